The van der Waals surface area contributed by atoms with E-state index in [2.05, 4.69) is 0 Å². The van der Waals surface area contributed by atoms with E-state index in [1.54, 1.807) is 0 Å². The Morgan fingerprint density at radius 2 is 1.69 bits per heavy atom. The van der Waals surface area contributed by atoms with Gasteiger partial charge in [0.05, 0.1) is 27.2 Å². The summed E-state index contributed by atoms with van der Waals surface area (Å²) in [5.41, 5.74) is -0.289. The minimum Gasteiger partial charge on any atom is -0.469 e. The van der Waals surface area contributed by atoms with Gasteiger partial charge in [-0.3, -0.25) is 19.3 Å². The first-order valence-electron chi connectivity index (χ1n) is 9.75. The Kier molecular flexibility index (Phi) is 6.37. The molecule has 2 saturated heterocycles. The van der Waals surface area contributed by atoms with Crippen LogP contribution < -0.4 is 0 Å². The summed E-state index contributed by atoms with van der Waals surface area (Å²) < 4.78 is 15.2. The minimum absolute atomic E-state index is 0.419. The maximum absolute atomic E-state index is 13.0. The maximum atomic E-state index is 13.0. The topological polar surface area (TPSA) is 82.1 Å². The molecule has 0 radical (unpaired) electrons. The molecule has 0 aliphatic carbocycles. The summed E-state index contributed by atoms with van der Waals surface area (Å²) in [4.78, 5) is 40.6. The lowest BCUT2D eigenvalue weighted by Crippen LogP contribution is -2.60. The lowest BCUT2D eigenvalue weighted by Gasteiger charge is -2.43. The molecule has 7 nitrogen and oxygen atoms in total. The van der Waals surface area contributed by atoms with Crippen molar-refractivity contribution in [3.05, 3.63) is 42.0 Å². The fourth-order valence-electron chi connectivity index (χ4n) is 4.86. The van der Waals surface area contributed by atoms with Gasteiger partial charge in [0, 0.05) is 6.04 Å². The van der Waals surface area contributed by atoms with Gasteiger partial charge in [-0.2, -0.15) is 0 Å². The molecule has 0 amide bonds. The van der Waals surface area contributed by atoms with Crippen molar-refractivity contribution in [2.75, 3.05) is 27.9 Å². The van der Waals surface area contributed by atoms with Gasteiger partial charge < -0.3 is 14.2 Å². The molecule has 7 heteroatoms. The Bertz CT molecular complexity index is 792. The maximum Gasteiger partial charge on any atom is 0.327 e. The Hall–Kier alpha value is -2.67. The van der Waals surface area contributed by atoms with E-state index in [9.17, 15) is 14.4 Å². The Morgan fingerprint density at radius 3 is 2.31 bits per heavy atom. The van der Waals surface area contributed by atoms with Crippen LogP contribution in [0.1, 0.15) is 24.8 Å². The number of esters is 3. The van der Waals surface area contributed by atoms with Crippen molar-refractivity contribution in [2.24, 2.45) is 11.8 Å². The van der Waals surface area contributed by atoms with Gasteiger partial charge in [-0.25, -0.2) is 0 Å². The summed E-state index contributed by atoms with van der Waals surface area (Å²) >= 11 is 0. The van der Waals surface area contributed by atoms with Crippen molar-refractivity contribution < 1.29 is 28.6 Å². The van der Waals surface area contributed by atoms with Crippen LogP contribution >= 0.6 is 0 Å². The first-order valence-corrected chi connectivity index (χ1v) is 9.75. The van der Waals surface area contributed by atoms with Crippen molar-refractivity contribution >= 4 is 24.0 Å². The number of ether oxygens (including phenoxy) is 3. The van der Waals surface area contributed by atoms with Crippen molar-refractivity contribution in [3.8, 4) is 0 Å². The fraction of sp³-hybridized carbons (Fsp3) is 0.500. The second-order valence-electron chi connectivity index (χ2n) is 7.38. The van der Waals surface area contributed by atoms with Crippen LogP contribution in [0.15, 0.2) is 36.4 Å². The predicted molar refractivity (Wildman–Crippen MR) is 106 cm³/mol. The van der Waals surface area contributed by atoms with Crippen LogP contribution in [0, 0.1) is 11.8 Å². The normalized spacial score (nSPS) is 29.3. The highest BCUT2D eigenvalue weighted by Crippen LogP contribution is 2.50. The van der Waals surface area contributed by atoms with Crippen LogP contribution in [-0.2, 0) is 28.6 Å². The van der Waals surface area contributed by atoms with Gasteiger partial charge >= 0.3 is 17.9 Å². The molecule has 0 spiro atoms. The lowest BCUT2D eigenvalue weighted by atomic mass is 9.74. The van der Waals surface area contributed by atoms with Gasteiger partial charge in [-0.1, -0.05) is 42.5 Å². The molecule has 0 N–H and O–H groups in total. The van der Waals surface area contributed by atoms with Crippen LogP contribution in [0.2, 0.25) is 0 Å². The number of carbonyl (C=O) groups excluding carboxylic acids is 3. The monoisotopic (exact) mass is 401 g/mol. The zero-order valence-corrected chi connectivity index (χ0v) is 17.0. The minimum atomic E-state index is -1.25. The van der Waals surface area contributed by atoms with E-state index in [1.807, 2.05) is 47.4 Å². The summed E-state index contributed by atoms with van der Waals surface area (Å²) in [7, 11) is 3.86. The SMILES string of the molecule is COC(=O)[C@@H]1[C@H](/C=C/c2ccccc2)N2CCCC[C@]2(C(=O)OC)[C@H]1C(=O)OC. The number of nitrogens with zero attached hydrogens (tertiary/aromatic N) is 1. The summed E-state index contributed by atoms with van der Waals surface area (Å²) in [6, 6.07) is 9.16. The third-order valence-corrected chi connectivity index (χ3v) is 6.07. The number of piperidine rings is 1. The molecule has 2 heterocycles. The molecule has 4 atom stereocenters. The van der Waals surface area contributed by atoms with E-state index < -0.39 is 41.3 Å². The number of rotatable bonds is 5. The molecule has 1 aromatic carbocycles. The van der Waals surface area contributed by atoms with Gasteiger partial charge in [0.2, 0.25) is 0 Å². The summed E-state index contributed by atoms with van der Waals surface area (Å²) in [5.74, 6) is -3.53. The smallest absolute Gasteiger partial charge is 0.327 e. The van der Waals surface area contributed by atoms with E-state index in [0.29, 0.717) is 13.0 Å². The quantitative estimate of drug-likeness (QED) is 0.552. The van der Waals surface area contributed by atoms with Gasteiger partial charge in [0.25, 0.3) is 0 Å². The van der Waals surface area contributed by atoms with Crippen molar-refractivity contribution in [1.29, 1.82) is 0 Å². The third-order valence-electron chi connectivity index (χ3n) is 6.07. The number of fused-ring (bicyclic) bond motifs is 1. The molecule has 3 rings (SSSR count). The lowest BCUT2D eigenvalue weighted by molar-refractivity contribution is -0.169. The van der Waals surface area contributed by atoms with Gasteiger partial charge in [-0.15, -0.1) is 0 Å². The number of carbonyl (C=O) groups is 3. The molecular weight excluding hydrogens is 374 g/mol. The second kappa shape index (κ2) is 8.78. The van der Waals surface area contributed by atoms with Gasteiger partial charge in [-0.05, 0) is 31.4 Å². The van der Waals surface area contributed by atoms with Crippen LogP contribution in [0.4, 0.5) is 0 Å². The zero-order valence-electron chi connectivity index (χ0n) is 17.0. The highest BCUT2D eigenvalue weighted by atomic mass is 16.5. The molecule has 156 valence electrons. The molecule has 0 bridgehead atoms. The van der Waals surface area contributed by atoms with Gasteiger partial charge in [0.1, 0.15) is 11.5 Å². The molecule has 2 fully saturated rings. The summed E-state index contributed by atoms with van der Waals surface area (Å²) in [6.07, 6.45) is 5.81. The molecule has 0 unspecified atom stereocenters. The average Bonchev–Trinajstić information content (AvgIpc) is 3.08. The molecule has 0 saturated carbocycles. The van der Waals surface area contributed by atoms with Crippen LogP contribution in [0.3, 0.4) is 0 Å². The number of methoxy groups -OCH3 is 3. The molecule has 29 heavy (non-hydrogen) atoms. The largest absolute Gasteiger partial charge is 0.469 e. The summed E-state index contributed by atoms with van der Waals surface area (Å²) in [5, 5.41) is 0. The molecule has 1 aromatic rings. The van der Waals surface area contributed by atoms with Crippen LogP contribution in [-0.4, -0.2) is 62.3 Å². The number of hydrogen-bond donors (Lipinski definition) is 0. The first-order chi connectivity index (χ1) is 14.0. The van der Waals surface area contributed by atoms with Crippen LogP contribution in [0.25, 0.3) is 6.08 Å². The molecular formula is C22H27NO6. The zero-order chi connectivity index (χ0) is 21.0. The van der Waals surface area contributed by atoms with Gasteiger partial charge in [0.15, 0.2) is 0 Å². The number of benzene rings is 1. The highest BCUT2D eigenvalue weighted by molar-refractivity contribution is 5.94. The number of hydrogen-bond acceptors (Lipinski definition) is 7. The van der Waals surface area contributed by atoms with E-state index >= 15 is 0 Å². The van der Waals surface area contributed by atoms with E-state index in [4.69, 9.17) is 14.2 Å². The summed E-state index contributed by atoms with van der Waals surface area (Å²) in [6.45, 7) is 0.569. The Labute approximate surface area is 170 Å². The Morgan fingerprint density at radius 1 is 1.00 bits per heavy atom. The first kappa shape index (κ1) is 21.0. The predicted octanol–water partition coefficient (Wildman–Crippen LogP) is 2.06. The van der Waals surface area contributed by atoms with Crippen molar-refractivity contribution in [1.82, 2.24) is 4.90 Å². The van der Waals surface area contributed by atoms with Crippen molar-refractivity contribution in [2.45, 2.75) is 30.8 Å². The molecule has 2 aliphatic rings. The standard InChI is InChI=1S/C22H27NO6/c1-27-19(24)17-16(12-11-15-9-5-4-6-10-15)23-14-8-7-13-22(23,21(26)29-3)18(17)20(25)28-2/h4-6,9-12,16-18H,7-8,13-14H2,1-3H3/b12-11+/t16-,17+,18+,22+/m0/s1. The molecule has 2 aliphatic heterocycles. The third kappa shape index (κ3) is 3.55. The Balaban J connectivity index is 2.14. The fourth-order valence-corrected chi connectivity index (χ4v) is 4.86. The average molecular weight is 401 g/mol. The highest BCUT2D eigenvalue weighted by Gasteiger charge is 2.68. The molecule has 0 aromatic heterocycles. The van der Waals surface area contributed by atoms with E-state index in [-0.39, 0.29) is 0 Å². The van der Waals surface area contributed by atoms with E-state index in [0.717, 1.165) is 18.4 Å². The van der Waals surface area contributed by atoms with E-state index in [1.165, 1.54) is 21.3 Å². The van der Waals surface area contributed by atoms with Crippen LogP contribution in [0.5, 0.6) is 0 Å². The second-order valence-corrected chi connectivity index (χ2v) is 7.38. The van der Waals surface area contributed by atoms with Crippen molar-refractivity contribution in [3.63, 3.8) is 0 Å².